The van der Waals surface area contributed by atoms with E-state index in [0.717, 1.165) is 34.1 Å². The van der Waals surface area contributed by atoms with Gasteiger partial charge in [-0.1, -0.05) is 100 Å². The summed E-state index contributed by atoms with van der Waals surface area (Å²) in [5.41, 5.74) is 12.3. The molecule has 6 aromatic rings. The van der Waals surface area contributed by atoms with Gasteiger partial charge in [0.25, 0.3) is 0 Å². The third kappa shape index (κ3) is 4.86. The van der Waals surface area contributed by atoms with E-state index >= 15 is 0 Å². The van der Waals surface area contributed by atoms with E-state index in [4.69, 9.17) is 0 Å². The SMILES string of the molecule is CC1(C)c2ccccc2N(c2ccc(C(=O)C=C(O)c3ccc(N4c5ccccc5C(C)(C)c5ccccc54)cc3)cc2)c2ccccc21. The Morgan fingerprint density at radius 2 is 0.776 bits per heavy atom. The molecule has 240 valence electrons. The topological polar surface area (TPSA) is 43.8 Å². The molecule has 0 unspecified atom stereocenters. The van der Waals surface area contributed by atoms with Crippen molar-refractivity contribution in [1.29, 1.82) is 0 Å². The third-order valence-electron chi connectivity index (χ3n) is 10.4. The highest BCUT2D eigenvalue weighted by atomic mass is 16.3. The lowest BCUT2D eigenvalue weighted by atomic mass is 9.73. The molecule has 0 aliphatic carbocycles. The van der Waals surface area contributed by atoms with E-state index in [1.54, 1.807) is 0 Å². The van der Waals surface area contributed by atoms with Gasteiger partial charge in [0.05, 0.1) is 22.7 Å². The Labute approximate surface area is 288 Å². The van der Waals surface area contributed by atoms with Gasteiger partial charge in [0.15, 0.2) is 5.78 Å². The van der Waals surface area contributed by atoms with Crippen molar-refractivity contribution in [1.82, 2.24) is 0 Å². The molecule has 0 aromatic heterocycles. The van der Waals surface area contributed by atoms with Crippen LogP contribution in [0, 0.1) is 0 Å². The molecule has 0 saturated heterocycles. The van der Waals surface area contributed by atoms with Gasteiger partial charge >= 0.3 is 0 Å². The Bertz CT molecular complexity index is 2160. The first-order chi connectivity index (χ1) is 23.7. The van der Waals surface area contributed by atoms with Crippen LogP contribution in [0.2, 0.25) is 0 Å². The van der Waals surface area contributed by atoms with Crippen LogP contribution in [0.5, 0.6) is 0 Å². The summed E-state index contributed by atoms with van der Waals surface area (Å²) in [6.45, 7) is 9.07. The number of aliphatic hydroxyl groups excluding tert-OH is 1. The van der Waals surface area contributed by atoms with Crippen molar-refractivity contribution in [2.75, 3.05) is 9.80 Å². The van der Waals surface area contributed by atoms with Gasteiger partial charge in [-0.05, 0) is 95.1 Å². The van der Waals surface area contributed by atoms with Gasteiger partial charge in [-0.2, -0.15) is 0 Å². The number of hydrogen-bond donors (Lipinski definition) is 1. The number of carbonyl (C=O) groups is 1. The fourth-order valence-corrected chi connectivity index (χ4v) is 7.74. The minimum absolute atomic E-state index is 0.0673. The number of hydrogen-bond acceptors (Lipinski definition) is 4. The maximum absolute atomic E-state index is 13.4. The zero-order chi connectivity index (χ0) is 33.9. The van der Waals surface area contributed by atoms with Crippen LogP contribution in [0.3, 0.4) is 0 Å². The zero-order valence-electron chi connectivity index (χ0n) is 28.2. The minimum atomic E-state index is -0.255. The van der Waals surface area contributed by atoms with E-state index in [9.17, 15) is 9.90 Å². The number of ketones is 1. The van der Waals surface area contributed by atoms with Crippen molar-refractivity contribution in [3.05, 3.63) is 185 Å². The molecule has 0 radical (unpaired) electrons. The molecule has 0 spiro atoms. The average molecular weight is 639 g/mol. The third-order valence-corrected chi connectivity index (χ3v) is 10.4. The van der Waals surface area contributed by atoms with Crippen molar-refractivity contribution < 1.29 is 9.90 Å². The van der Waals surface area contributed by atoms with Gasteiger partial charge < -0.3 is 14.9 Å². The molecule has 0 atom stereocenters. The summed E-state index contributed by atoms with van der Waals surface area (Å²) >= 11 is 0. The molecule has 0 saturated carbocycles. The number of allylic oxidation sites excluding steroid dienone is 1. The number of rotatable bonds is 5. The monoisotopic (exact) mass is 638 g/mol. The number of anilines is 6. The molecular formula is C45H38N2O2. The van der Waals surface area contributed by atoms with Crippen molar-refractivity contribution in [2.45, 2.75) is 38.5 Å². The average Bonchev–Trinajstić information content (AvgIpc) is 3.12. The fourth-order valence-electron chi connectivity index (χ4n) is 7.74. The molecule has 4 nitrogen and oxygen atoms in total. The first kappa shape index (κ1) is 30.5. The van der Waals surface area contributed by atoms with E-state index in [1.165, 1.54) is 28.3 Å². The van der Waals surface area contributed by atoms with Crippen molar-refractivity contribution in [3.8, 4) is 0 Å². The molecule has 49 heavy (non-hydrogen) atoms. The molecule has 4 heteroatoms. The molecule has 1 N–H and O–H groups in total. The number of benzene rings is 6. The van der Waals surface area contributed by atoms with Gasteiger partial charge in [0, 0.05) is 39.4 Å². The van der Waals surface area contributed by atoms with Gasteiger partial charge in [-0.3, -0.25) is 4.79 Å². The number of para-hydroxylation sites is 4. The van der Waals surface area contributed by atoms with Crippen LogP contribution in [-0.4, -0.2) is 10.9 Å². The normalized spacial score (nSPS) is 15.5. The Balaban J connectivity index is 1.07. The second-order valence-corrected chi connectivity index (χ2v) is 14.0. The van der Waals surface area contributed by atoms with Gasteiger partial charge in [-0.15, -0.1) is 0 Å². The standard InChI is InChI=1S/C45H38N2O2/c1-44(2)34-13-5-9-17-38(34)46(39-18-10-6-14-35(39)44)32-25-21-30(22-26-32)42(48)29-43(49)31-23-27-33(28-24-31)47-40-19-11-7-15-36(40)45(3,4)37-16-8-12-20-41(37)47/h5-29,48H,1-4H3. The lowest BCUT2D eigenvalue weighted by Gasteiger charge is -2.42. The summed E-state index contributed by atoms with van der Waals surface area (Å²) in [5, 5.41) is 11.1. The lowest BCUT2D eigenvalue weighted by Crippen LogP contribution is -2.30. The summed E-state index contributed by atoms with van der Waals surface area (Å²) in [5.74, 6) is -0.322. The van der Waals surface area contributed by atoms with Crippen molar-refractivity contribution >= 4 is 45.7 Å². The van der Waals surface area contributed by atoms with Crippen molar-refractivity contribution in [2.24, 2.45) is 0 Å². The van der Waals surface area contributed by atoms with Crippen LogP contribution in [0.4, 0.5) is 34.1 Å². The maximum atomic E-state index is 13.4. The van der Waals surface area contributed by atoms with E-state index in [1.807, 2.05) is 48.5 Å². The summed E-state index contributed by atoms with van der Waals surface area (Å²) in [6.07, 6.45) is 1.31. The van der Waals surface area contributed by atoms with Crippen LogP contribution in [-0.2, 0) is 10.8 Å². The van der Waals surface area contributed by atoms with E-state index in [-0.39, 0.29) is 22.4 Å². The number of carbonyl (C=O) groups excluding carboxylic acids is 1. The van der Waals surface area contributed by atoms with Crippen LogP contribution < -0.4 is 9.80 Å². The molecule has 8 rings (SSSR count). The predicted molar refractivity (Wildman–Crippen MR) is 201 cm³/mol. The second-order valence-electron chi connectivity index (χ2n) is 14.0. The number of fused-ring (bicyclic) bond motifs is 4. The maximum Gasteiger partial charge on any atom is 0.189 e. The molecule has 0 bridgehead atoms. The largest absolute Gasteiger partial charge is 0.507 e. The van der Waals surface area contributed by atoms with Gasteiger partial charge in [0.2, 0.25) is 0 Å². The number of nitrogens with zero attached hydrogens (tertiary/aromatic N) is 2. The molecular weight excluding hydrogens is 601 g/mol. The molecule has 2 aliphatic rings. The number of aliphatic hydroxyl groups is 1. The van der Waals surface area contributed by atoms with E-state index in [2.05, 4.69) is 135 Å². The first-order valence-corrected chi connectivity index (χ1v) is 16.8. The fraction of sp³-hybridized carbons (Fsp3) is 0.133. The molecule has 2 heterocycles. The van der Waals surface area contributed by atoms with E-state index < -0.39 is 0 Å². The minimum Gasteiger partial charge on any atom is -0.507 e. The van der Waals surface area contributed by atoms with Crippen LogP contribution in [0.25, 0.3) is 5.76 Å². The highest BCUT2D eigenvalue weighted by Gasteiger charge is 2.37. The Morgan fingerprint density at radius 3 is 1.12 bits per heavy atom. The quantitative estimate of drug-likeness (QED) is 0.116. The highest BCUT2D eigenvalue weighted by molar-refractivity contribution is 6.08. The van der Waals surface area contributed by atoms with E-state index in [0.29, 0.717) is 11.1 Å². The first-order valence-electron chi connectivity index (χ1n) is 16.8. The van der Waals surface area contributed by atoms with Crippen LogP contribution in [0.1, 0.15) is 65.9 Å². The second kappa shape index (κ2) is 11.4. The summed E-state index contributed by atoms with van der Waals surface area (Å²) in [6, 6.07) is 49.4. The Kier molecular flexibility index (Phi) is 7.08. The van der Waals surface area contributed by atoms with Crippen LogP contribution >= 0.6 is 0 Å². The lowest BCUT2D eigenvalue weighted by molar-refractivity contribution is 0.104. The molecule has 6 aromatic carbocycles. The predicted octanol–water partition coefficient (Wildman–Crippen LogP) is 11.7. The molecule has 0 amide bonds. The van der Waals surface area contributed by atoms with Gasteiger partial charge in [-0.25, -0.2) is 0 Å². The zero-order valence-corrected chi connectivity index (χ0v) is 28.2. The Hall–Kier alpha value is -5.87. The Morgan fingerprint density at radius 1 is 0.469 bits per heavy atom. The van der Waals surface area contributed by atoms with Crippen molar-refractivity contribution in [3.63, 3.8) is 0 Å². The highest BCUT2D eigenvalue weighted by Crippen LogP contribution is 2.53. The smallest absolute Gasteiger partial charge is 0.189 e. The van der Waals surface area contributed by atoms with Gasteiger partial charge in [0.1, 0.15) is 5.76 Å². The summed E-state index contributed by atoms with van der Waals surface area (Å²) in [7, 11) is 0. The summed E-state index contributed by atoms with van der Waals surface area (Å²) in [4.78, 5) is 17.9. The molecule has 2 aliphatic heterocycles. The molecule has 0 fully saturated rings. The van der Waals surface area contributed by atoms with Crippen LogP contribution in [0.15, 0.2) is 152 Å². The summed E-state index contributed by atoms with van der Waals surface area (Å²) < 4.78 is 0.